The first-order valence-electron chi connectivity index (χ1n) is 8.66. The molecular weight excluding hydrogens is 471 g/mol. The number of hydrogen-bond acceptors (Lipinski definition) is 4. The number of sulfonamides is 1. The molecule has 7 nitrogen and oxygen atoms in total. The van der Waals surface area contributed by atoms with Crippen LogP contribution in [0.3, 0.4) is 0 Å². The second kappa shape index (κ2) is 8.89. The molecule has 0 heterocycles. The fourth-order valence-electron chi connectivity index (χ4n) is 2.58. The van der Waals surface area contributed by atoms with Gasteiger partial charge in [-0.15, -0.1) is 0 Å². The van der Waals surface area contributed by atoms with Gasteiger partial charge in [0.1, 0.15) is 17.5 Å². The van der Waals surface area contributed by atoms with Crippen LogP contribution < -0.4 is 15.8 Å². The van der Waals surface area contributed by atoms with E-state index in [-0.39, 0.29) is 21.2 Å². The van der Waals surface area contributed by atoms with E-state index in [0.717, 1.165) is 24.3 Å². The minimum atomic E-state index is -4.09. The van der Waals surface area contributed by atoms with Gasteiger partial charge in [-0.3, -0.25) is 14.3 Å². The molecule has 0 spiro atoms. The van der Waals surface area contributed by atoms with Gasteiger partial charge in [0.05, 0.1) is 21.2 Å². The highest BCUT2D eigenvalue weighted by Crippen LogP contribution is 2.23. The van der Waals surface area contributed by atoms with E-state index in [1.807, 2.05) is 0 Å². The van der Waals surface area contributed by atoms with Crippen molar-refractivity contribution >= 4 is 44.8 Å². The van der Waals surface area contributed by atoms with Gasteiger partial charge in [-0.2, -0.15) is 0 Å². The van der Waals surface area contributed by atoms with Gasteiger partial charge in [0, 0.05) is 17.3 Å². The van der Waals surface area contributed by atoms with Crippen molar-refractivity contribution in [3.05, 3.63) is 88.2 Å². The Bertz CT molecular complexity index is 1330. The number of primary amides is 1. The van der Waals surface area contributed by atoms with Crippen LogP contribution >= 0.6 is 11.6 Å². The quantitative estimate of drug-likeness (QED) is 0.492. The molecular formula is C20H13ClF3N3O4S. The number of anilines is 2. The van der Waals surface area contributed by atoms with Crippen molar-refractivity contribution in [1.82, 2.24) is 0 Å². The van der Waals surface area contributed by atoms with E-state index in [2.05, 4.69) is 10.0 Å². The largest absolute Gasteiger partial charge is 0.366 e. The molecule has 0 aliphatic heterocycles. The van der Waals surface area contributed by atoms with Crippen LogP contribution in [0.2, 0.25) is 5.02 Å². The summed E-state index contributed by atoms with van der Waals surface area (Å²) >= 11 is 5.61. The Morgan fingerprint density at radius 2 is 1.53 bits per heavy atom. The third-order valence-corrected chi connectivity index (χ3v) is 5.84. The van der Waals surface area contributed by atoms with Crippen LogP contribution in [0.25, 0.3) is 0 Å². The molecule has 166 valence electrons. The zero-order valence-electron chi connectivity index (χ0n) is 15.8. The van der Waals surface area contributed by atoms with Crippen molar-refractivity contribution in [2.45, 2.75) is 4.90 Å². The average Bonchev–Trinajstić information content (AvgIpc) is 2.71. The van der Waals surface area contributed by atoms with Gasteiger partial charge >= 0.3 is 0 Å². The number of carbonyl (C=O) groups excluding carboxylic acids is 2. The maximum atomic E-state index is 13.9. The molecule has 0 radical (unpaired) electrons. The van der Waals surface area contributed by atoms with Crippen molar-refractivity contribution in [2.75, 3.05) is 10.0 Å². The van der Waals surface area contributed by atoms with E-state index in [1.165, 1.54) is 24.3 Å². The standard InChI is InChI=1S/C20H13ClF3N3O4S/c21-14-7-12(5-6-15(14)22)32(30,31)27-11-3-1-10(2-4-11)20(29)26-18-8-13(19(25)28)16(23)9-17(18)24/h1-9,27H,(H2,25,28)(H,26,29). The summed E-state index contributed by atoms with van der Waals surface area (Å²) < 4.78 is 67.7. The molecule has 4 N–H and O–H groups in total. The molecule has 0 aromatic heterocycles. The molecule has 3 aromatic rings. The Hall–Kier alpha value is -3.57. The summed E-state index contributed by atoms with van der Waals surface area (Å²) in [6.07, 6.45) is 0. The van der Waals surface area contributed by atoms with Crippen LogP contribution in [0.5, 0.6) is 0 Å². The number of halogens is 4. The highest BCUT2D eigenvalue weighted by Gasteiger charge is 2.18. The molecule has 3 aromatic carbocycles. The normalized spacial score (nSPS) is 11.1. The van der Waals surface area contributed by atoms with E-state index in [4.69, 9.17) is 17.3 Å². The van der Waals surface area contributed by atoms with Crippen molar-refractivity contribution < 1.29 is 31.2 Å². The first kappa shape index (κ1) is 23.1. The molecule has 0 atom stereocenters. The van der Waals surface area contributed by atoms with Gasteiger partial charge in [-0.1, -0.05) is 11.6 Å². The van der Waals surface area contributed by atoms with E-state index in [9.17, 15) is 31.2 Å². The number of benzene rings is 3. The van der Waals surface area contributed by atoms with Crippen LogP contribution in [0, 0.1) is 17.5 Å². The van der Waals surface area contributed by atoms with E-state index in [0.29, 0.717) is 6.07 Å². The maximum Gasteiger partial charge on any atom is 0.261 e. The van der Waals surface area contributed by atoms with Crippen LogP contribution in [0.15, 0.2) is 59.5 Å². The van der Waals surface area contributed by atoms with Gasteiger partial charge in [0.25, 0.3) is 21.8 Å². The van der Waals surface area contributed by atoms with Crippen LogP contribution in [0.1, 0.15) is 20.7 Å². The van der Waals surface area contributed by atoms with Crippen LogP contribution in [-0.4, -0.2) is 20.2 Å². The predicted octanol–water partition coefficient (Wildman–Crippen LogP) is 3.91. The Labute approximate surface area is 185 Å². The number of nitrogens with two attached hydrogens (primary N) is 1. The second-order valence-corrected chi connectivity index (χ2v) is 8.48. The molecule has 0 aliphatic carbocycles. The summed E-state index contributed by atoms with van der Waals surface area (Å²) in [5.74, 6) is -5.03. The van der Waals surface area contributed by atoms with E-state index >= 15 is 0 Å². The molecule has 0 unspecified atom stereocenters. The monoisotopic (exact) mass is 483 g/mol. The Balaban J connectivity index is 1.77. The molecule has 12 heteroatoms. The summed E-state index contributed by atoms with van der Waals surface area (Å²) in [6, 6.07) is 9.05. The topological polar surface area (TPSA) is 118 Å². The zero-order chi connectivity index (χ0) is 23.6. The van der Waals surface area contributed by atoms with Gasteiger partial charge in [-0.05, 0) is 48.5 Å². The molecule has 2 amide bonds. The Kier molecular flexibility index (Phi) is 6.42. The summed E-state index contributed by atoms with van der Waals surface area (Å²) in [7, 11) is -4.09. The fraction of sp³-hybridized carbons (Fsp3) is 0. The van der Waals surface area contributed by atoms with Gasteiger partial charge in [-0.25, -0.2) is 21.6 Å². The van der Waals surface area contributed by atoms with Crippen LogP contribution in [-0.2, 0) is 10.0 Å². The van der Waals surface area contributed by atoms with Crippen molar-refractivity contribution in [3.63, 3.8) is 0 Å². The van der Waals surface area contributed by atoms with E-state index < -0.39 is 50.5 Å². The predicted molar refractivity (Wildman–Crippen MR) is 111 cm³/mol. The summed E-state index contributed by atoms with van der Waals surface area (Å²) in [5.41, 5.74) is 4.01. The third-order valence-electron chi connectivity index (χ3n) is 4.17. The molecule has 32 heavy (non-hydrogen) atoms. The molecule has 0 bridgehead atoms. The minimum absolute atomic E-state index is 0.00197. The highest BCUT2D eigenvalue weighted by molar-refractivity contribution is 7.92. The lowest BCUT2D eigenvalue weighted by atomic mass is 10.1. The molecule has 0 fully saturated rings. The smallest absolute Gasteiger partial charge is 0.261 e. The zero-order valence-corrected chi connectivity index (χ0v) is 17.4. The van der Waals surface area contributed by atoms with E-state index in [1.54, 1.807) is 0 Å². The molecule has 0 saturated heterocycles. The van der Waals surface area contributed by atoms with Gasteiger partial charge in [0.2, 0.25) is 0 Å². The minimum Gasteiger partial charge on any atom is -0.366 e. The maximum absolute atomic E-state index is 13.9. The number of carbonyl (C=O) groups is 2. The van der Waals surface area contributed by atoms with Gasteiger partial charge in [0.15, 0.2) is 0 Å². The SMILES string of the molecule is NC(=O)c1cc(NC(=O)c2ccc(NS(=O)(=O)c3ccc(F)c(Cl)c3)cc2)c(F)cc1F. The molecule has 0 saturated carbocycles. The van der Waals surface area contributed by atoms with Crippen molar-refractivity contribution in [2.24, 2.45) is 5.73 Å². The molecule has 3 rings (SSSR count). The summed E-state index contributed by atoms with van der Waals surface area (Å²) in [6.45, 7) is 0. The third kappa shape index (κ3) is 5.01. The van der Waals surface area contributed by atoms with Crippen LogP contribution in [0.4, 0.5) is 24.5 Å². The van der Waals surface area contributed by atoms with Gasteiger partial charge < -0.3 is 11.1 Å². The Morgan fingerprint density at radius 3 is 2.12 bits per heavy atom. The average molecular weight is 484 g/mol. The number of rotatable bonds is 6. The van der Waals surface area contributed by atoms with Crippen molar-refractivity contribution in [1.29, 1.82) is 0 Å². The number of amides is 2. The Morgan fingerprint density at radius 1 is 0.875 bits per heavy atom. The second-order valence-electron chi connectivity index (χ2n) is 6.39. The van der Waals surface area contributed by atoms with Crippen molar-refractivity contribution in [3.8, 4) is 0 Å². The fourth-order valence-corrected chi connectivity index (χ4v) is 3.91. The number of hydrogen-bond donors (Lipinski definition) is 3. The first-order valence-corrected chi connectivity index (χ1v) is 10.5. The summed E-state index contributed by atoms with van der Waals surface area (Å²) in [4.78, 5) is 23.3. The number of nitrogens with one attached hydrogen (secondary N) is 2. The highest BCUT2D eigenvalue weighted by atomic mass is 35.5. The summed E-state index contributed by atoms with van der Waals surface area (Å²) in [5, 5.41) is 1.81. The lowest BCUT2D eigenvalue weighted by Gasteiger charge is -2.11. The first-order chi connectivity index (χ1) is 15.0. The lowest BCUT2D eigenvalue weighted by molar-refractivity contribution is 0.0992. The molecule has 0 aliphatic rings. The lowest BCUT2D eigenvalue weighted by Crippen LogP contribution is -2.17.